The summed E-state index contributed by atoms with van der Waals surface area (Å²) in [6.07, 6.45) is 4.67. The molecular formula is C24H36N6O. The second-order valence-corrected chi connectivity index (χ2v) is 8.78. The van der Waals surface area contributed by atoms with Gasteiger partial charge < -0.3 is 20.0 Å². The largest absolute Gasteiger partial charge is 0.378 e. The van der Waals surface area contributed by atoms with Crippen molar-refractivity contribution in [2.24, 2.45) is 0 Å². The topological polar surface area (TPSA) is 64.6 Å². The molecule has 1 amide bonds. The third kappa shape index (κ3) is 6.40. The standard InChI is InChI=1S/C24H36N6O/c1-28(2)20-12-9-18(10-13-20)11-14-23(31)30(5)17-19-16-22(29(3)4)27-24(26-19)21-8-6-7-15-25-21/h9-10,12-13,16,21,25H,6-8,11,14-15,17H2,1-5H3/t21-/m0/s1. The first-order valence-electron chi connectivity index (χ1n) is 11.1. The first-order chi connectivity index (χ1) is 14.8. The Morgan fingerprint density at radius 1 is 1.03 bits per heavy atom. The molecule has 3 rings (SSSR count). The number of carbonyl (C=O) groups is 1. The van der Waals surface area contributed by atoms with E-state index in [1.54, 1.807) is 4.90 Å². The van der Waals surface area contributed by atoms with Crippen LogP contribution in [-0.4, -0.2) is 62.6 Å². The van der Waals surface area contributed by atoms with Crippen LogP contribution in [0.1, 0.15) is 48.8 Å². The Kier molecular flexibility index (Phi) is 7.85. The summed E-state index contributed by atoms with van der Waals surface area (Å²) in [5.74, 6) is 1.84. The van der Waals surface area contributed by atoms with Gasteiger partial charge in [0.2, 0.25) is 5.91 Å². The summed E-state index contributed by atoms with van der Waals surface area (Å²) in [4.78, 5) is 28.2. The van der Waals surface area contributed by atoms with Crippen molar-refractivity contribution in [2.45, 2.75) is 44.7 Å². The van der Waals surface area contributed by atoms with Crippen LogP contribution in [0, 0.1) is 0 Å². The zero-order valence-electron chi connectivity index (χ0n) is 19.6. The molecule has 1 fully saturated rings. The van der Waals surface area contributed by atoms with Gasteiger partial charge in [0.05, 0.1) is 18.3 Å². The molecule has 0 aliphatic carbocycles. The van der Waals surface area contributed by atoms with Crippen LogP contribution in [0.4, 0.5) is 11.5 Å². The molecule has 1 atom stereocenters. The number of hydrogen-bond donors (Lipinski definition) is 1. The molecule has 31 heavy (non-hydrogen) atoms. The van der Waals surface area contributed by atoms with Crippen molar-refractivity contribution in [3.05, 3.63) is 47.4 Å². The van der Waals surface area contributed by atoms with Crippen LogP contribution in [0.25, 0.3) is 0 Å². The Bertz CT molecular complexity index is 859. The highest BCUT2D eigenvalue weighted by atomic mass is 16.2. The third-order valence-electron chi connectivity index (χ3n) is 5.77. The van der Waals surface area contributed by atoms with E-state index in [2.05, 4.69) is 34.5 Å². The molecule has 1 aliphatic heterocycles. The van der Waals surface area contributed by atoms with Gasteiger partial charge in [0.1, 0.15) is 11.6 Å². The lowest BCUT2D eigenvalue weighted by Gasteiger charge is -2.25. The minimum absolute atomic E-state index is 0.124. The maximum absolute atomic E-state index is 12.8. The highest BCUT2D eigenvalue weighted by Crippen LogP contribution is 2.23. The van der Waals surface area contributed by atoms with E-state index in [9.17, 15) is 4.79 Å². The minimum atomic E-state index is 0.124. The number of benzene rings is 1. The van der Waals surface area contributed by atoms with Gasteiger partial charge >= 0.3 is 0 Å². The van der Waals surface area contributed by atoms with Crippen LogP contribution in [0.15, 0.2) is 30.3 Å². The maximum Gasteiger partial charge on any atom is 0.222 e. The number of piperidine rings is 1. The van der Waals surface area contributed by atoms with Gasteiger partial charge in [-0.1, -0.05) is 18.6 Å². The number of anilines is 2. The van der Waals surface area contributed by atoms with Gasteiger partial charge in [-0.05, 0) is 43.5 Å². The second kappa shape index (κ2) is 10.6. The molecule has 1 aliphatic rings. The van der Waals surface area contributed by atoms with Gasteiger partial charge in [-0.2, -0.15) is 0 Å². The monoisotopic (exact) mass is 424 g/mol. The van der Waals surface area contributed by atoms with E-state index in [-0.39, 0.29) is 11.9 Å². The summed E-state index contributed by atoms with van der Waals surface area (Å²) in [5, 5.41) is 3.53. The van der Waals surface area contributed by atoms with Crippen molar-refractivity contribution < 1.29 is 4.79 Å². The van der Waals surface area contributed by atoms with Crippen LogP contribution in [0.2, 0.25) is 0 Å². The van der Waals surface area contributed by atoms with Gasteiger partial charge in [0.25, 0.3) is 0 Å². The van der Waals surface area contributed by atoms with E-state index in [1.807, 2.05) is 46.2 Å². The van der Waals surface area contributed by atoms with Crippen LogP contribution < -0.4 is 15.1 Å². The normalized spacial score (nSPS) is 16.1. The van der Waals surface area contributed by atoms with E-state index in [0.29, 0.717) is 13.0 Å². The van der Waals surface area contributed by atoms with Crippen molar-refractivity contribution in [1.82, 2.24) is 20.2 Å². The second-order valence-electron chi connectivity index (χ2n) is 8.78. The summed E-state index contributed by atoms with van der Waals surface area (Å²) in [6, 6.07) is 10.6. The van der Waals surface area contributed by atoms with Crippen LogP contribution in [0.3, 0.4) is 0 Å². The lowest BCUT2D eigenvalue weighted by atomic mass is 10.0. The molecule has 0 bridgehead atoms. The fraction of sp³-hybridized carbons (Fsp3) is 0.542. The molecule has 7 nitrogen and oxygen atoms in total. The Morgan fingerprint density at radius 3 is 2.39 bits per heavy atom. The number of nitrogens with one attached hydrogen (secondary N) is 1. The molecule has 2 heterocycles. The van der Waals surface area contributed by atoms with Crippen LogP contribution in [-0.2, 0) is 17.8 Å². The number of rotatable bonds is 8. The molecule has 168 valence electrons. The molecule has 0 saturated carbocycles. The number of hydrogen-bond acceptors (Lipinski definition) is 6. The van der Waals surface area contributed by atoms with Gasteiger partial charge in [-0.25, -0.2) is 9.97 Å². The molecule has 1 aromatic carbocycles. The van der Waals surface area contributed by atoms with Crippen molar-refractivity contribution in [2.75, 3.05) is 51.6 Å². The Hall–Kier alpha value is -2.67. The van der Waals surface area contributed by atoms with E-state index in [4.69, 9.17) is 9.97 Å². The molecule has 0 unspecified atom stereocenters. The molecule has 7 heteroatoms. The van der Waals surface area contributed by atoms with Crippen LogP contribution >= 0.6 is 0 Å². The molecule has 2 aromatic rings. The van der Waals surface area contributed by atoms with Crippen molar-refractivity contribution >= 4 is 17.4 Å². The third-order valence-corrected chi connectivity index (χ3v) is 5.77. The van der Waals surface area contributed by atoms with E-state index < -0.39 is 0 Å². The Balaban J connectivity index is 1.63. The summed E-state index contributed by atoms with van der Waals surface area (Å²) < 4.78 is 0. The van der Waals surface area contributed by atoms with Gasteiger partial charge in [0, 0.05) is 53.4 Å². The summed E-state index contributed by atoms with van der Waals surface area (Å²) >= 11 is 0. The molecule has 1 aromatic heterocycles. The Labute approximate surface area is 186 Å². The molecular weight excluding hydrogens is 388 g/mol. The zero-order valence-corrected chi connectivity index (χ0v) is 19.6. The van der Waals surface area contributed by atoms with E-state index >= 15 is 0 Å². The number of aromatic nitrogens is 2. The summed E-state index contributed by atoms with van der Waals surface area (Å²) in [7, 11) is 9.88. The predicted molar refractivity (Wildman–Crippen MR) is 127 cm³/mol. The van der Waals surface area contributed by atoms with Gasteiger partial charge in [-0.15, -0.1) is 0 Å². The first kappa shape index (κ1) is 23.0. The zero-order chi connectivity index (χ0) is 22.4. The van der Waals surface area contributed by atoms with Crippen molar-refractivity contribution in [1.29, 1.82) is 0 Å². The van der Waals surface area contributed by atoms with Crippen LogP contribution in [0.5, 0.6) is 0 Å². The highest BCUT2D eigenvalue weighted by Gasteiger charge is 2.20. The van der Waals surface area contributed by atoms with Gasteiger partial charge in [-0.3, -0.25) is 4.79 Å². The smallest absolute Gasteiger partial charge is 0.222 e. The maximum atomic E-state index is 12.8. The molecule has 0 radical (unpaired) electrons. The highest BCUT2D eigenvalue weighted by molar-refractivity contribution is 5.76. The van der Waals surface area contributed by atoms with E-state index in [1.165, 1.54) is 18.4 Å². The molecule has 0 spiro atoms. The Morgan fingerprint density at radius 2 is 1.77 bits per heavy atom. The number of carbonyl (C=O) groups excluding carboxylic acids is 1. The van der Waals surface area contributed by atoms with E-state index in [0.717, 1.165) is 42.4 Å². The summed E-state index contributed by atoms with van der Waals surface area (Å²) in [5.41, 5.74) is 3.22. The fourth-order valence-electron chi connectivity index (χ4n) is 3.78. The number of aryl methyl sites for hydroxylation is 1. The predicted octanol–water partition coefficient (Wildman–Crippen LogP) is 3.01. The quantitative estimate of drug-likeness (QED) is 0.703. The molecule has 1 N–H and O–H groups in total. The lowest BCUT2D eigenvalue weighted by Crippen LogP contribution is -2.30. The minimum Gasteiger partial charge on any atom is -0.378 e. The van der Waals surface area contributed by atoms with Crippen molar-refractivity contribution in [3.8, 4) is 0 Å². The van der Waals surface area contributed by atoms with Gasteiger partial charge in [0.15, 0.2) is 0 Å². The van der Waals surface area contributed by atoms with Crippen molar-refractivity contribution in [3.63, 3.8) is 0 Å². The molecule has 1 saturated heterocycles. The first-order valence-corrected chi connectivity index (χ1v) is 11.1. The lowest BCUT2D eigenvalue weighted by molar-refractivity contribution is -0.130. The average Bonchev–Trinajstić information content (AvgIpc) is 2.78. The fourth-order valence-corrected chi connectivity index (χ4v) is 3.78. The number of nitrogens with zero attached hydrogens (tertiary/aromatic N) is 5. The number of amides is 1. The average molecular weight is 425 g/mol. The summed E-state index contributed by atoms with van der Waals surface area (Å²) in [6.45, 7) is 1.49. The SMILES string of the molecule is CN(Cc1cc(N(C)C)nc([C@@H]2CCCCN2)n1)C(=O)CCc1ccc(N(C)C)cc1.